The van der Waals surface area contributed by atoms with Crippen molar-refractivity contribution in [1.82, 2.24) is 15.3 Å². The van der Waals surface area contributed by atoms with Gasteiger partial charge in [0.15, 0.2) is 11.6 Å². The van der Waals surface area contributed by atoms with Gasteiger partial charge in [-0.2, -0.15) is 0 Å². The van der Waals surface area contributed by atoms with Crippen molar-refractivity contribution in [2.45, 2.75) is 32.2 Å². The average molecular weight is 279 g/mol. The van der Waals surface area contributed by atoms with Crippen LogP contribution in [0.15, 0.2) is 6.33 Å². The molecular formula is C13H21N5O2. The topological polar surface area (TPSA) is 88.2 Å². The smallest absolute Gasteiger partial charge is 0.221 e. The lowest BCUT2D eigenvalue weighted by Gasteiger charge is -2.13. The van der Waals surface area contributed by atoms with Gasteiger partial charge in [-0.05, 0) is 19.8 Å². The number of methoxy groups -OCH3 is 1. The fraction of sp³-hybridized carbons (Fsp3) is 0.615. The number of hydrogen-bond acceptors (Lipinski definition) is 6. The number of anilines is 2. The summed E-state index contributed by atoms with van der Waals surface area (Å²) in [7, 11) is 1.57. The maximum atomic E-state index is 11.6. The van der Waals surface area contributed by atoms with Crippen LogP contribution in [0.4, 0.5) is 11.6 Å². The number of amides is 1. The highest BCUT2D eigenvalue weighted by molar-refractivity contribution is 5.77. The van der Waals surface area contributed by atoms with Crippen LogP contribution in [0.25, 0.3) is 0 Å². The van der Waals surface area contributed by atoms with E-state index in [1.54, 1.807) is 7.11 Å². The molecular weight excluding hydrogens is 258 g/mol. The summed E-state index contributed by atoms with van der Waals surface area (Å²) in [4.78, 5) is 19.8. The molecule has 0 spiro atoms. The van der Waals surface area contributed by atoms with Gasteiger partial charge in [0.2, 0.25) is 11.7 Å². The zero-order valence-corrected chi connectivity index (χ0v) is 11.9. The third-order valence-electron chi connectivity index (χ3n) is 2.94. The van der Waals surface area contributed by atoms with Crippen molar-refractivity contribution in [2.24, 2.45) is 0 Å². The molecule has 1 aliphatic rings. The Balaban J connectivity index is 1.87. The molecule has 1 heterocycles. The van der Waals surface area contributed by atoms with Gasteiger partial charge in [0.1, 0.15) is 6.33 Å². The lowest BCUT2D eigenvalue weighted by Crippen LogP contribution is -2.27. The standard InChI is InChI=1S/C13H21N5O2/c1-3-14-12-11(20-2)13(17-8-16-12)15-7-6-10(19)18-9-4-5-9/h8-9H,3-7H2,1-2H3,(H,18,19)(H2,14,15,16,17). The van der Waals surface area contributed by atoms with Crippen LogP contribution in [0.2, 0.25) is 0 Å². The second-order valence-corrected chi connectivity index (χ2v) is 4.65. The molecule has 1 aliphatic carbocycles. The third kappa shape index (κ3) is 3.97. The average Bonchev–Trinajstić information content (AvgIpc) is 3.23. The lowest BCUT2D eigenvalue weighted by molar-refractivity contribution is -0.120. The second-order valence-electron chi connectivity index (χ2n) is 4.65. The van der Waals surface area contributed by atoms with Gasteiger partial charge in [-0.25, -0.2) is 9.97 Å². The molecule has 0 aliphatic heterocycles. The summed E-state index contributed by atoms with van der Waals surface area (Å²) in [6.07, 6.45) is 4.09. The Morgan fingerprint density at radius 2 is 2.05 bits per heavy atom. The van der Waals surface area contributed by atoms with E-state index in [9.17, 15) is 4.79 Å². The van der Waals surface area contributed by atoms with E-state index in [1.807, 2.05) is 6.92 Å². The number of ether oxygens (including phenoxy) is 1. The Morgan fingerprint density at radius 3 is 2.65 bits per heavy atom. The highest BCUT2D eigenvalue weighted by atomic mass is 16.5. The van der Waals surface area contributed by atoms with Crippen LogP contribution in [0.3, 0.4) is 0 Å². The third-order valence-corrected chi connectivity index (χ3v) is 2.94. The summed E-state index contributed by atoms with van der Waals surface area (Å²) in [5.41, 5.74) is 0. The van der Waals surface area contributed by atoms with Crippen LogP contribution in [0.5, 0.6) is 5.75 Å². The predicted molar refractivity (Wildman–Crippen MR) is 77.0 cm³/mol. The SMILES string of the molecule is CCNc1ncnc(NCCC(=O)NC2CC2)c1OC. The van der Waals surface area contributed by atoms with Crippen molar-refractivity contribution in [1.29, 1.82) is 0 Å². The Labute approximate surface area is 118 Å². The summed E-state index contributed by atoms with van der Waals surface area (Å²) < 4.78 is 5.31. The van der Waals surface area contributed by atoms with E-state index in [4.69, 9.17) is 4.74 Å². The molecule has 0 atom stereocenters. The first kappa shape index (κ1) is 14.4. The van der Waals surface area contributed by atoms with Gasteiger partial charge in [-0.15, -0.1) is 0 Å². The molecule has 0 unspecified atom stereocenters. The molecule has 7 nitrogen and oxygen atoms in total. The largest absolute Gasteiger partial charge is 0.490 e. The van der Waals surface area contributed by atoms with E-state index in [0.29, 0.717) is 36.4 Å². The molecule has 1 fully saturated rings. The molecule has 7 heteroatoms. The Hall–Kier alpha value is -2.05. The fourth-order valence-electron chi connectivity index (χ4n) is 1.81. The summed E-state index contributed by atoms with van der Waals surface area (Å²) in [6, 6.07) is 0.399. The molecule has 1 amide bonds. The minimum atomic E-state index is 0.0694. The van der Waals surface area contributed by atoms with Crippen molar-refractivity contribution in [3.05, 3.63) is 6.33 Å². The van der Waals surface area contributed by atoms with Crippen molar-refractivity contribution < 1.29 is 9.53 Å². The van der Waals surface area contributed by atoms with E-state index in [1.165, 1.54) is 6.33 Å². The van der Waals surface area contributed by atoms with Gasteiger partial charge < -0.3 is 20.7 Å². The van der Waals surface area contributed by atoms with Crippen LogP contribution in [-0.4, -0.2) is 42.1 Å². The molecule has 1 aromatic rings. The molecule has 0 aromatic carbocycles. The van der Waals surface area contributed by atoms with E-state index >= 15 is 0 Å². The number of carbonyl (C=O) groups is 1. The maximum Gasteiger partial charge on any atom is 0.221 e. The Morgan fingerprint density at radius 1 is 1.35 bits per heavy atom. The molecule has 0 radical (unpaired) electrons. The van der Waals surface area contributed by atoms with E-state index in [-0.39, 0.29) is 5.91 Å². The molecule has 0 saturated heterocycles. The summed E-state index contributed by atoms with van der Waals surface area (Å²) in [6.45, 7) is 3.24. The van der Waals surface area contributed by atoms with Gasteiger partial charge in [0, 0.05) is 25.6 Å². The highest BCUT2D eigenvalue weighted by Gasteiger charge is 2.22. The predicted octanol–water partition coefficient (Wildman–Crippen LogP) is 0.998. The van der Waals surface area contributed by atoms with E-state index < -0.39 is 0 Å². The Bertz CT molecular complexity index is 462. The van der Waals surface area contributed by atoms with Crippen LogP contribution in [0.1, 0.15) is 26.2 Å². The number of rotatable bonds is 8. The van der Waals surface area contributed by atoms with Gasteiger partial charge >= 0.3 is 0 Å². The van der Waals surface area contributed by atoms with Crippen molar-refractivity contribution in [2.75, 3.05) is 30.8 Å². The second kappa shape index (κ2) is 6.93. The molecule has 2 rings (SSSR count). The van der Waals surface area contributed by atoms with Crippen LogP contribution in [-0.2, 0) is 4.79 Å². The number of carbonyl (C=O) groups excluding carboxylic acids is 1. The van der Waals surface area contributed by atoms with Gasteiger partial charge in [0.25, 0.3) is 0 Å². The fourth-order valence-corrected chi connectivity index (χ4v) is 1.81. The molecule has 20 heavy (non-hydrogen) atoms. The first-order chi connectivity index (χ1) is 9.74. The zero-order chi connectivity index (χ0) is 14.4. The van der Waals surface area contributed by atoms with Crippen molar-refractivity contribution in [3.63, 3.8) is 0 Å². The zero-order valence-electron chi connectivity index (χ0n) is 11.9. The van der Waals surface area contributed by atoms with Crippen LogP contribution in [0, 0.1) is 0 Å². The highest BCUT2D eigenvalue weighted by Crippen LogP contribution is 2.28. The van der Waals surface area contributed by atoms with E-state index in [2.05, 4.69) is 25.9 Å². The summed E-state index contributed by atoms with van der Waals surface area (Å²) >= 11 is 0. The van der Waals surface area contributed by atoms with Crippen LogP contribution >= 0.6 is 0 Å². The summed E-state index contributed by atoms with van der Waals surface area (Å²) in [5, 5.41) is 9.16. The minimum Gasteiger partial charge on any atom is -0.490 e. The normalized spacial score (nSPS) is 13.7. The molecule has 1 aromatic heterocycles. The quantitative estimate of drug-likeness (QED) is 0.658. The number of aromatic nitrogens is 2. The van der Waals surface area contributed by atoms with Gasteiger partial charge in [-0.3, -0.25) is 4.79 Å². The van der Waals surface area contributed by atoms with Crippen molar-refractivity contribution in [3.8, 4) is 5.75 Å². The minimum absolute atomic E-state index is 0.0694. The molecule has 0 bridgehead atoms. The van der Waals surface area contributed by atoms with Gasteiger partial charge in [0.05, 0.1) is 7.11 Å². The van der Waals surface area contributed by atoms with Crippen LogP contribution < -0.4 is 20.7 Å². The molecule has 1 saturated carbocycles. The van der Waals surface area contributed by atoms with Crippen molar-refractivity contribution >= 4 is 17.5 Å². The van der Waals surface area contributed by atoms with E-state index in [0.717, 1.165) is 19.4 Å². The molecule has 110 valence electrons. The monoisotopic (exact) mass is 279 g/mol. The lowest BCUT2D eigenvalue weighted by atomic mass is 10.3. The first-order valence-electron chi connectivity index (χ1n) is 6.90. The number of nitrogens with one attached hydrogen (secondary N) is 3. The number of hydrogen-bond donors (Lipinski definition) is 3. The summed E-state index contributed by atoms with van der Waals surface area (Å²) in [5.74, 6) is 1.88. The number of nitrogens with zero attached hydrogens (tertiary/aromatic N) is 2. The first-order valence-corrected chi connectivity index (χ1v) is 6.90. The van der Waals surface area contributed by atoms with Gasteiger partial charge in [-0.1, -0.05) is 0 Å². The Kier molecular flexibility index (Phi) is 4.97. The molecule has 3 N–H and O–H groups in total. The maximum absolute atomic E-state index is 11.6.